The fraction of sp³-hybridized carbons (Fsp3) is 0.150. The van der Waals surface area contributed by atoms with E-state index in [4.69, 9.17) is 4.74 Å². The number of benzene rings is 2. The fourth-order valence-corrected chi connectivity index (χ4v) is 3.02. The van der Waals surface area contributed by atoms with Crippen LogP contribution in [0.3, 0.4) is 0 Å². The molecule has 2 aromatic heterocycles. The van der Waals surface area contributed by atoms with Crippen molar-refractivity contribution in [2.24, 2.45) is 0 Å². The van der Waals surface area contributed by atoms with E-state index in [1.807, 2.05) is 0 Å². The van der Waals surface area contributed by atoms with E-state index in [0.29, 0.717) is 16.9 Å². The quantitative estimate of drug-likeness (QED) is 0.432. The molecule has 0 unspecified atom stereocenters. The lowest BCUT2D eigenvalue weighted by atomic mass is 10.1. The summed E-state index contributed by atoms with van der Waals surface area (Å²) in [6.45, 7) is 0. The molecule has 4 aromatic rings. The SMILES string of the molecule is COc1cc(-c2cn(-c3ccc(-n4nc(C(F)(F)F)cc4C(F)(F)F)cc3)nn2)ccc1O. The van der Waals surface area contributed by atoms with Crippen molar-refractivity contribution < 1.29 is 36.2 Å². The summed E-state index contributed by atoms with van der Waals surface area (Å²) < 4.78 is 85.0. The molecule has 2 heterocycles. The predicted octanol–water partition coefficient (Wildman–Crippen LogP) is 4.87. The first-order valence-electron chi connectivity index (χ1n) is 9.12. The van der Waals surface area contributed by atoms with Crippen LogP contribution in [0.4, 0.5) is 26.3 Å². The maximum absolute atomic E-state index is 13.2. The molecule has 33 heavy (non-hydrogen) atoms. The molecule has 0 aliphatic rings. The van der Waals surface area contributed by atoms with Gasteiger partial charge in [-0.3, -0.25) is 0 Å². The molecule has 0 aliphatic carbocycles. The Balaban J connectivity index is 1.66. The summed E-state index contributed by atoms with van der Waals surface area (Å²) in [6, 6.07) is 9.60. The summed E-state index contributed by atoms with van der Waals surface area (Å²) in [5.74, 6) is 0.166. The zero-order valence-corrected chi connectivity index (χ0v) is 16.6. The first-order chi connectivity index (χ1) is 15.5. The largest absolute Gasteiger partial charge is 0.504 e. The van der Waals surface area contributed by atoms with Crippen molar-refractivity contribution >= 4 is 0 Å². The number of aromatic hydroxyl groups is 1. The number of aromatic nitrogens is 5. The van der Waals surface area contributed by atoms with Crippen LogP contribution in [0, 0.1) is 0 Å². The first-order valence-corrected chi connectivity index (χ1v) is 9.12. The highest BCUT2D eigenvalue weighted by Crippen LogP contribution is 2.36. The summed E-state index contributed by atoms with van der Waals surface area (Å²) in [5, 5.41) is 20.7. The Morgan fingerprint density at radius 1 is 0.879 bits per heavy atom. The molecule has 13 heteroatoms. The number of phenolic OH excluding ortho intramolecular Hbond substituents is 1. The Bertz CT molecular complexity index is 1290. The van der Waals surface area contributed by atoms with Crippen molar-refractivity contribution in [2.45, 2.75) is 12.4 Å². The Morgan fingerprint density at radius 3 is 2.15 bits per heavy atom. The number of alkyl halides is 6. The topological polar surface area (TPSA) is 78.0 Å². The Kier molecular flexibility index (Phi) is 5.26. The van der Waals surface area contributed by atoms with Gasteiger partial charge in [0.25, 0.3) is 0 Å². The molecule has 4 rings (SSSR count). The van der Waals surface area contributed by atoms with Gasteiger partial charge in [0.15, 0.2) is 17.2 Å². The minimum absolute atomic E-state index is 0.0382. The van der Waals surface area contributed by atoms with Crippen LogP contribution in [0.2, 0.25) is 0 Å². The van der Waals surface area contributed by atoms with Crippen LogP contribution < -0.4 is 4.74 Å². The molecular weight excluding hydrogens is 456 g/mol. The van der Waals surface area contributed by atoms with Gasteiger partial charge in [0.05, 0.1) is 24.7 Å². The van der Waals surface area contributed by atoms with Gasteiger partial charge in [0.1, 0.15) is 11.4 Å². The summed E-state index contributed by atoms with van der Waals surface area (Å²) in [5.41, 5.74) is -2.03. The van der Waals surface area contributed by atoms with Gasteiger partial charge in [-0.05, 0) is 42.5 Å². The van der Waals surface area contributed by atoms with Crippen LogP contribution in [0.15, 0.2) is 54.7 Å². The molecule has 0 spiro atoms. The van der Waals surface area contributed by atoms with Gasteiger partial charge < -0.3 is 9.84 Å². The van der Waals surface area contributed by atoms with Crippen molar-refractivity contribution in [3.63, 3.8) is 0 Å². The van der Waals surface area contributed by atoms with Gasteiger partial charge in [-0.25, -0.2) is 9.36 Å². The number of hydrogen-bond donors (Lipinski definition) is 1. The van der Waals surface area contributed by atoms with Crippen molar-refractivity contribution in [1.29, 1.82) is 0 Å². The average Bonchev–Trinajstić information content (AvgIpc) is 3.42. The molecule has 0 fully saturated rings. The summed E-state index contributed by atoms with van der Waals surface area (Å²) in [4.78, 5) is 0. The lowest BCUT2D eigenvalue weighted by Gasteiger charge is -2.10. The minimum atomic E-state index is -5.04. The number of rotatable bonds is 4. The molecule has 0 atom stereocenters. The maximum atomic E-state index is 13.2. The van der Waals surface area contributed by atoms with Gasteiger partial charge in [0, 0.05) is 11.6 Å². The number of hydrogen-bond acceptors (Lipinski definition) is 5. The van der Waals surface area contributed by atoms with Gasteiger partial charge in [-0.1, -0.05) is 5.21 Å². The number of nitrogens with zero attached hydrogens (tertiary/aromatic N) is 5. The van der Waals surface area contributed by atoms with E-state index in [2.05, 4.69) is 15.4 Å². The second-order valence-corrected chi connectivity index (χ2v) is 6.77. The van der Waals surface area contributed by atoms with Crippen LogP contribution in [-0.2, 0) is 12.4 Å². The highest BCUT2D eigenvalue weighted by Gasteiger charge is 2.42. The second-order valence-electron chi connectivity index (χ2n) is 6.77. The Morgan fingerprint density at radius 2 is 1.55 bits per heavy atom. The van der Waals surface area contributed by atoms with E-state index in [-0.39, 0.29) is 27.9 Å². The first kappa shape index (κ1) is 22.2. The van der Waals surface area contributed by atoms with Gasteiger partial charge in [0.2, 0.25) is 0 Å². The van der Waals surface area contributed by atoms with E-state index in [1.54, 1.807) is 12.1 Å². The van der Waals surface area contributed by atoms with Crippen molar-refractivity contribution in [3.05, 3.63) is 66.1 Å². The fourth-order valence-electron chi connectivity index (χ4n) is 3.02. The van der Waals surface area contributed by atoms with E-state index in [9.17, 15) is 31.4 Å². The van der Waals surface area contributed by atoms with E-state index in [0.717, 1.165) is 0 Å². The van der Waals surface area contributed by atoms with E-state index in [1.165, 1.54) is 48.3 Å². The Hall–Kier alpha value is -4.03. The Labute approximate surface area is 181 Å². The summed E-state index contributed by atoms with van der Waals surface area (Å²) in [7, 11) is 1.39. The monoisotopic (exact) mass is 469 g/mol. The molecular formula is C20H13F6N5O2. The maximum Gasteiger partial charge on any atom is 0.435 e. The van der Waals surface area contributed by atoms with Crippen LogP contribution in [-0.4, -0.2) is 37.0 Å². The number of ether oxygens (including phenoxy) is 1. The van der Waals surface area contributed by atoms with Crippen molar-refractivity contribution in [3.8, 4) is 34.1 Å². The lowest BCUT2D eigenvalue weighted by Crippen LogP contribution is -2.13. The number of methoxy groups -OCH3 is 1. The molecule has 1 N–H and O–H groups in total. The lowest BCUT2D eigenvalue weighted by molar-refractivity contribution is -0.143. The molecule has 0 radical (unpaired) electrons. The highest BCUT2D eigenvalue weighted by molar-refractivity contribution is 5.63. The molecule has 0 saturated carbocycles. The van der Waals surface area contributed by atoms with Crippen LogP contribution in [0.1, 0.15) is 11.4 Å². The van der Waals surface area contributed by atoms with Gasteiger partial charge in [-0.2, -0.15) is 31.4 Å². The molecule has 7 nitrogen and oxygen atoms in total. The van der Waals surface area contributed by atoms with Crippen LogP contribution >= 0.6 is 0 Å². The van der Waals surface area contributed by atoms with Gasteiger partial charge >= 0.3 is 12.4 Å². The molecule has 172 valence electrons. The third kappa shape index (κ3) is 4.33. The normalized spacial score (nSPS) is 12.2. The van der Waals surface area contributed by atoms with E-state index >= 15 is 0 Å². The molecule has 0 bridgehead atoms. The van der Waals surface area contributed by atoms with Gasteiger partial charge in [-0.15, -0.1) is 5.10 Å². The summed E-state index contributed by atoms with van der Waals surface area (Å²) in [6.07, 6.45) is -8.54. The molecule has 0 amide bonds. The molecule has 2 aromatic carbocycles. The smallest absolute Gasteiger partial charge is 0.435 e. The average molecular weight is 469 g/mol. The predicted molar refractivity (Wildman–Crippen MR) is 102 cm³/mol. The number of phenols is 1. The molecule has 0 aliphatic heterocycles. The second kappa shape index (κ2) is 7.83. The van der Waals surface area contributed by atoms with Crippen molar-refractivity contribution in [2.75, 3.05) is 7.11 Å². The van der Waals surface area contributed by atoms with E-state index < -0.39 is 23.7 Å². The highest BCUT2D eigenvalue weighted by atomic mass is 19.4. The third-order valence-corrected chi connectivity index (χ3v) is 4.62. The number of halogens is 6. The zero-order chi connectivity index (χ0) is 24.0. The third-order valence-electron chi connectivity index (χ3n) is 4.62. The minimum Gasteiger partial charge on any atom is -0.504 e. The molecule has 0 saturated heterocycles. The van der Waals surface area contributed by atoms with Crippen LogP contribution in [0.25, 0.3) is 22.6 Å². The summed E-state index contributed by atoms with van der Waals surface area (Å²) >= 11 is 0. The zero-order valence-electron chi connectivity index (χ0n) is 16.6. The van der Waals surface area contributed by atoms with Crippen molar-refractivity contribution in [1.82, 2.24) is 24.8 Å². The standard InChI is InChI=1S/C20H13F6N5O2/c1-33-16-8-11(2-7-15(16)32)14-10-30(29-27-14)12-3-5-13(6-4-12)31-18(20(24,25)26)9-17(28-31)19(21,22)23/h2-10,32H,1H3. The van der Waals surface area contributed by atoms with Crippen LogP contribution in [0.5, 0.6) is 11.5 Å².